The third-order valence-electron chi connectivity index (χ3n) is 5.96. The number of carbonyl (C=O) groups excluding carboxylic acids is 2. The molecule has 0 saturated carbocycles. The van der Waals surface area contributed by atoms with Crippen LogP contribution in [0.3, 0.4) is 0 Å². The van der Waals surface area contributed by atoms with Crippen molar-refractivity contribution in [2.24, 2.45) is 0 Å². The zero-order valence-electron chi connectivity index (χ0n) is 17.2. The van der Waals surface area contributed by atoms with Crippen molar-refractivity contribution in [2.75, 3.05) is 26.2 Å². The Kier molecular flexibility index (Phi) is 5.04. The van der Waals surface area contributed by atoms with Crippen molar-refractivity contribution in [1.82, 2.24) is 19.8 Å². The Labute approximate surface area is 180 Å². The maximum Gasteiger partial charge on any atom is 0.246 e. The van der Waals surface area contributed by atoms with E-state index in [1.807, 2.05) is 65.8 Å². The Morgan fingerprint density at radius 2 is 1.71 bits per heavy atom. The topological polar surface area (TPSA) is 72.2 Å². The number of benzene rings is 2. The van der Waals surface area contributed by atoms with Crippen LogP contribution in [0.15, 0.2) is 67.0 Å². The van der Waals surface area contributed by atoms with Crippen LogP contribution >= 0.6 is 0 Å². The monoisotopic (exact) mass is 412 g/mol. The Morgan fingerprint density at radius 3 is 2.58 bits per heavy atom. The number of carbonyl (C=O) groups is 2. The quantitative estimate of drug-likeness (QED) is 0.503. The number of amides is 2. The van der Waals surface area contributed by atoms with Crippen molar-refractivity contribution in [3.8, 4) is 0 Å². The number of hydrogen-bond donors (Lipinski definition) is 2. The van der Waals surface area contributed by atoms with Gasteiger partial charge in [0.15, 0.2) is 0 Å². The van der Waals surface area contributed by atoms with Crippen molar-refractivity contribution >= 4 is 39.7 Å². The van der Waals surface area contributed by atoms with E-state index in [0.717, 1.165) is 32.9 Å². The van der Waals surface area contributed by atoms with Gasteiger partial charge < -0.3 is 19.8 Å². The molecule has 31 heavy (non-hydrogen) atoms. The van der Waals surface area contributed by atoms with Gasteiger partial charge in [0.25, 0.3) is 0 Å². The number of H-pyrrole nitrogens is 2. The Balaban J connectivity index is 1.16. The predicted octanol–water partition coefficient (Wildman–Crippen LogP) is 3.58. The molecule has 2 N–H and O–H groups in total. The van der Waals surface area contributed by atoms with E-state index in [9.17, 15) is 9.59 Å². The van der Waals surface area contributed by atoms with Crippen molar-refractivity contribution < 1.29 is 9.59 Å². The largest absolute Gasteiger partial charge is 0.361 e. The lowest BCUT2D eigenvalue weighted by Gasteiger charge is -2.34. The molecular formula is C25H24N4O2. The molecule has 5 rings (SSSR count). The minimum absolute atomic E-state index is 0.0158. The van der Waals surface area contributed by atoms with E-state index in [2.05, 4.69) is 16.0 Å². The van der Waals surface area contributed by atoms with Gasteiger partial charge in [-0.15, -0.1) is 0 Å². The Morgan fingerprint density at radius 1 is 0.903 bits per heavy atom. The molecule has 1 aliphatic heterocycles. The zero-order valence-corrected chi connectivity index (χ0v) is 17.2. The molecule has 3 heterocycles. The predicted molar refractivity (Wildman–Crippen MR) is 122 cm³/mol. The lowest BCUT2D eigenvalue weighted by molar-refractivity contribution is -0.136. The summed E-state index contributed by atoms with van der Waals surface area (Å²) in [5.74, 6) is 0.0880. The van der Waals surface area contributed by atoms with Crippen molar-refractivity contribution in [3.05, 3.63) is 78.1 Å². The molecule has 0 unspecified atom stereocenters. The first-order valence-electron chi connectivity index (χ1n) is 10.5. The molecule has 0 aliphatic carbocycles. The van der Waals surface area contributed by atoms with E-state index >= 15 is 0 Å². The molecule has 1 aliphatic rings. The number of piperazine rings is 1. The van der Waals surface area contributed by atoms with Gasteiger partial charge in [0.1, 0.15) is 0 Å². The average Bonchev–Trinajstić information content (AvgIpc) is 3.44. The van der Waals surface area contributed by atoms with Crippen molar-refractivity contribution in [3.63, 3.8) is 0 Å². The average molecular weight is 412 g/mol. The highest BCUT2D eigenvalue weighted by molar-refractivity contribution is 5.93. The zero-order chi connectivity index (χ0) is 21.2. The van der Waals surface area contributed by atoms with E-state index in [-0.39, 0.29) is 11.8 Å². The van der Waals surface area contributed by atoms with Gasteiger partial charge in [0.05, 0.1) is 6.42 Å². The van der Waals surface area contributed by atoms with E-state index in [4.69, 9.17) is 0 Å². The molecule has 4 aromatic rings. The third kappa shape index (κ3) is 3.97. The summed E-state index contributed by atoms with van der Waals surface area (Å²) < 4.78 is 0. The minimum atomic E-state index is -0.0158. The molecule has 1 fully saturated rings. The standard InChI is InChI=1S/C25H24N4O2/c30-24(8-6-18-5-7-22-19(15-18)9-10-26-22)28-11-13-29(14-12-28)25(31)16-20-17-27-23-4-2-1-3-21(20)23/h1-10,15,17,26-27H,11-14,16H2/b8-6+. The SMILES string of the molecule is O=C(/C=C/c1ccc2[nH]ccc2c1)N1CCN(C(=O)Cc2c[nH]c3ccccc23)CC1. The number of rotatable bonds is 4. The molecular weight excluding hydrogens is 388 g/mol. The molecule has 0 bridgehead atoms. The number of aromatic amines is 2. The summed E-state index contributed by atoms with van der Waals surface area (Å²) >= 11 is 0. The maximum atomic E-state index is 12.8. The van der Waals surface area contributed by atoms with E-state index in [0.29, 0.717) is 32.6 Å². The highest BCUT2D eigenvalue weighted by Gasteiger charge is 2.23. The van der Waals surface area contributed by atoms with Crippen LogP contribution in [0.5, 0.6) is 0 Å². The fraction of sp³-hybridized carbons (Fsp3) is 0.200. The first-order chi connectivity index (χ1) is 15.2. The van der Waals surface area contributed by atoms with Crippen LogP contribution in [0.25, 0.3) is 27.9 Å². The van der Waals surface area contributed by atoms with E-state index < -0.39 is 0 Å². The third-order valence-corrected chi connectivity index (χ3v) is 5.96. The number of aromatic nitrogens is 2. The Hall–Kier alpha value is -3.80. The second-order valence-corrected chi connectivity index (χ2v) is 7.90. The molecule has 2 aromatic heterocycles. The first kappa shape index (κ1) is 19.2. The van der Waals surface area contributed by atoms with Crippen LogP contribution in [0.4, 0.5) is 0 Å². The van der Waals surface area contributed by atoms with Gasteiger partial charge in [0.2, 0.25) is 11.8 Å². The second-order valence-electron chi connectivity index (χ2n) is 7.90. The fourth-order valence-electron chi connectivity index (χ4n) is 4.18. The number of nitrogens with one attached hydrogen (secondary N) is 2. The minimum Gasteiger partial charge on any atom is -0.361 e. The van der Waals surface area contributed by atoms with Gasteiger partial charge in [0, 0.05) is 61.1 Å². The van der Waals surface area contributed by atoms with Crippen LogP contribution in [-0.2, 0) is 16.0 Å². The molecule has 6 nitrogen and oxygen atoms in total. The van der Waals surface area contributed by atoms with E-state index in [1.165, 1.54) is 0 Å². The molecule has 0 atom stereocenters. The number of fused-ring (bicyclic) bond motifs is 2. The van der Waals surface area contributed by atoms with Crippen LogP contribution in [0.2, 0.25) is 0 Å². The second kappa shape index (κ2) is 8.14. The summed E-state index contributed by atoms with van der Waals surface area (Å²) in [6.45, 7) is 2.24. The van der Waals surface area contributed by atoms with Gasteiger partial charge >= 0.3 is 0 Å². The molecule has 6 heteroatoms. The van der Waals surface area contributed by atoms with Gasteiger partial charge in [-0.05, 0) is 46.9 Å². The van der Waals surface area contributed by atoms with Gasteiger partial charge in [-0.25, -0.2) is 0 Å². The summed E-state index contributed by atoms with van der Waals surface area (Å²) in [5, 5.41) is 2.21. The molecule has 0 radical (unpaired) electrons. The summed E-state index contributed by atoms with van der Waals surface area (Å²) in [6.07, 6.45) is 7.67. The van der Waals surface area contributed by atoms with Gasteiger partial charge in [-0.1, -0.05) is 24.3 Å². The first-order valence-corrected chi connectivity index (χ1v) is 10.5. The Bertz CT molecular complexity index is 1270. The summed E-state index contributed by atoms with van der Waals surface area (Å²) in [4.78, 5) is 35.4. The molecule has 2 amide bonds. The normalized spacial score (nSPS) is 14.7. The van der Waals surface area contributed by atoms with Gasteiger partial charge in [-0.3, -0.25) is 9.59 Å². The van der Waals surface area contributed by atoms with Crippen molar-refractivity contribution in [2.45, 2.75) is 6.42 Å². The summed E-state index contributed by atoms with van der Waals surface area (Å²) in [7, 11) is 0. The number of nitrogens with zero attached hydrogens (tertiary/aromatic N) is 2. The summed E-state index contributed by atoms with van der Waals surface area (Å²) in [5.41, 5.74) is 4.13. The highest BCUT2D eigenvalue weighted by atomic mass is 16.2. The maximum absolute atomic E-state index is 12.8. The van der Waals surface area contributed by atoms with Crippen LogP contribution in [0.1, 0.15) is 11.1 Å². The van der Waals surface area contributed by atoms with Crippen molar-refractivity contribution in [1.29, 1.82) is 0 Å². The molecule has 156 valence electrons. The lowest BCUT2D eigenvalue weighted by Crippen LogP contribution is -2.50. The number of hydrogen-bond acceptors (Lipinski definition) is 2. The van der Waals surface area contributed by atoms with Crippen LogP contribution in [0, 0.1) is 0 Å². The summed E-state index contributed by atoms with van der Waals surface area (Å²) in [6, 6.07) is 16.1. The van der Waals surface area contributed by atoms with Gasteiger partial charge in [-0.2, -0.15) is 0 Å². The molecule has 1 saturated heterocycles. The van der Waals surface area contributed by atoms with E-state index in [1.54, 1.807) is 11.0 Å². The smallest absolute Gasteiger partial charge is 0.246 e. The lowest BCUT2D eigenvalue weighted by atomic mass is 10.1. The molecule has 2 aromatic carbocycles. The molecule has 0 spiro atoms. The fourth-order valence-corrected chi connectivity index (χ4v) is 4.18. The highest BCUT2D eigenvalue weighted by Crippen LogP contribution is 2.19. The number of para-hydroxylation sites is 1. The van der Waals surface area contributed by atoms with Crippen LogP contribution < -0.4 is 0 Å². The van der Waals surface area contributed by atoms with Crippen LogP contribution in [-0.4, -0.2) is 57.8 Å².